The van der Waals surface area contributed by atoms with Crippen molar-refractivity contribution in [1.82, 2.24) is 5.32 Å². The third-order valence-electron chi connectivity index (χ3n) is 2.85. The van der Waals surface area contributed by atoms with Crippen molar-refractivity contribution in [2.45, 2.75) is 45.6 Å². The summed E-state index contributed by atoms with van der Waals surface area (Å²) >= 11 is 3.51. The number of hydrogen-bond acceptors (Lipinski definition) is 1. The van der Waals surface area contributed by atoms with Gasteiger partial charge in [0.15, 0.2) is 0 Å². The van der Waals surface area contributed by atoms with Crippen LogP contribution in [-0.4, -0.2) is 12.6 Å². The van der Waals surface area contributed by atoms with Gasteiger partial charge in [0.1, 0.15) is 0 Å². The SMILES string of the molecule is CCCNC(CC)CCc1cccc(Br)c1. The highest BCUT2D eigenvalue weighted by Gasteiger charge is 2.05. The van der Waals surface area contributed by atoms with Crippen molar-refractivity contribution in [2.75, 3.05) is 6.54 Å². The number of halogens is 1. The quantitative estimate of drug-likeness (QED) is 0.792. The lowest BCUT2D eigenvalue weighted by atomic mass is 10.0. The minimum absolute atomic E-state index is 0.666. The predicted molar refractivity (Wildman–Crippen MR) is 74.8 cm³/mol. The van der Waals surface area contributed by atoms with Gasteiger partial charge in [0, 0.05) is 10.5 Å². The molecular formula is C14H22BrN. The summed E-state index contributed by atoms with van der Waals surface area (Å²) in [4.78, 5) is 0. The number of aryl methyl sites for hydroxylation is 1. The first-order valence-electron chi connectivity index (χ1n) is 6.24. The second-order valence-corrected chi connectivity index (χ2v) is 5.14. The molecule has 0 spiro atoms. The minimum atomic E-state index is 0.666. The largest absolute Gasteiger partial charge is 0.314 e. The Morgan fingerprint density at radius 1 is 1.31 bits per heavy atom. The number of benzene rings is 1. The molecule has 1 nitrogen and oxygen atoms in total. The van der Waals surface area contributed by atoms with Crippen molar-refractivity contribution in [3.05, 3.63) is 34.3 Å². The first kappa shape index (κ1) is 13.7. The van der Waals surface area contributed by atoms with E-state index in [-0.39, 0.29) is 0 Å². The molecule has 1 atom stereocenters. The van der Waals surface area contributed by atoms with E-state index in [0.717, 1.165) is 13.0 Å². The molecule has 0 heterocycles. The fourth-order valence-electron chi connectivity index (χ4n) is 1.83. The van der Waals surface area contributed by atoms with Gasteiger partial charge in [-0.15, -0.1) is 0 Å². The summed E-state index contributed by atoms with van der Waals surface area (Å²) in [7, 11) is 0. The van der Waals surface area contributed by atoms with E-state index in [9.17, 15) is 0 Å². The normalized spacial score (nSPS) is 12.7. The Morgan fingerprint density at radius 2 is 2.12 bits per heavy atom. The Kier molecular flexibility index (Phi) is 6.74. The van der Waals surface area contributed by atoms with E-state index in [4.69, 9.17) is 0 Å². The van der Waals surface area contributed by atoms with E-state index >= 15 is 0 Å². The Morgan fingerprint density at radius 3 is 2.75 bits per heavy atom. The molecule has 0 saturated carbocycles. The van der Waals surface area contributed by atoms with Gasteiger partial charge in [-0.3, -0.25) is 0 Å². The van der Waals surface area contributed by atoms with Gasteiger partial charge in [-0.25, -0.2) is 0 Å². The van der Waals surface area contributed by atoms with Crippen LogP contribution in [0.25, 0.3) is 0 Å². The van der Waals surface area contributed by atoms with Crippen LogP contribution in [-0.2, 0) is 6.42 Å². The Hall–Kier alpha value is -0.340. The van der Waals surface area contributed by atoms with Gasteiger partial charge in [0.05, 0.1) is 0 Å². The molecule has 0 amide bonds. The highest BCUT2D eigenvalue weighted by Crippen LogP contribution is 2.14. The summed E-state index contributed by atoms with van der Waals surface area (Å²) in [5.74, 6) is 0. The van der Waals surface area contributed by atoms with Crippen LogP contribution in [0.2, 0.25) is 0 Å². The topological polar surface area (TPSA) is 12.0 Å². The molecule has 0 radical (unpaired) electrons. The molecule has 0 aliphatic rings. The van der Waals surface area contributed by atoms with Crippen LogP contribution < -0.4 is 5.32 Å². The summed E-state index contributed by atoms with van der Waals surface area (Å²) in [6.07, 6.45) is 4.82. The minimum Gasteiger partial charge on any atom is -0.314 e. The summed E-state index contributed by atoms with van der Waals surface area (Å²) in [5, 5.41) is 3.59. The van der Waals surface area contributed by atoms with E-state index in [1.165, 1.54) is 29.3 Å². The van der Waals surface area contributed by atoms with Gasteiger partial charge in [-0.2, -0.15) is 0 Å². The van der Waals surface area contributed by atoms with Crippen LogP contribution in [0, 0.1) is 0 Å². The Balaban J connectivity index is 2.37. The van der Waals surface area contributed by atoms with E-state index < -0.39 is 0 Å². The Bertz CT molecular complexity index is 299. The van der Waals surface area contributed by atoms with Crippen molar-refractivity contribution in [1.29, 1.82) is 0 Å². The smallest absolute Gasteiger partial charge is 0.0177 e. The standard InChI is InChI=1S/C14H22BrN/c1-3-10-16-14(4-2)9-8-12-6-5-7-13(15)11-12/h5-7,11,14,16H,3-4,8-10H2,1-2H3. The molecule has 0 aromatic heterocycles. The molecule has 1 rings (SSSR count). The first-order valence-corrected chi connectivity index (χ1v) is 7.03. The van der Waals surface area contributed by atoms with Crippen LogP contribution in [0.5, 0.6) is 0 Å². The molecule has 0 bridgehead atoms. The molecule has 0 fully saturated rings. The van der Waals surface area contributed by atoms with Crippen molar-refractivity contribution < 1.29 is 0 Å². The molecule has 1 unspecified atom stereocenters. The fourth-order valence-corrected chi connectivity index (χ4v) is 2.28. The van der Waals surface area contributed by atoms with Crippen LogP contribution in [0.15, 0.2) is 28.7 Å². The lowest BCUT2D eigenvalue weighted by molar-refractivity contribution is 0.468. The van der Waals surface area contributed by atoms with Crippen molar-refractivity contribution >= 4 is 15.9 Å². The molecule has 1 N–H and O–H groups in total. The highest BCUT2D eigenvalue weighted by molar-refractivity contribution is 9.10. The summed E-state index contributed by atoms with van der Waals surface area (Å²) in [5.41, 5.74) is 1.42. The lowest BCUT2D eigenvalue weighted by Gasteiger charge is -2.16. The number of rotatable bonds is 7. The molecule has 0 aliphatic carbocycles. The van der Waals surface area contributed by atoms with Crippen LogP contribution >= 0.6 is 15.9 Å². The van der Waals surface area contributed by atoms with Gasteiger partial charge < -0.3 is 5.32 Å². The summed E-state index contributed by atoms with van der Waals surface area (Å²) in [6, 6.07) is 9.28. The van der Waals surface area contributed by atoms with Crippen LogP contribution in [0.4, 0.5) is 0 Å². The number of nitrogens with one attached hydrogen (secondary N) is 1. The summed E-state index contributed by atoms with van der Waals surface area (Å²) < 4.78 is 1.18. The maximum absolute atomic E-state index is 3.59. The van der Waals surface area contributed by atoms with Gasteiger partial charge in [0.2, 0.25) is 0 Å². The van der Waals surface area contributed by atoms with Crippen molar-refractivity contribution in [2.24, 2.45) is 0 Å². The highest BCUT2D eigenvalue weighted by atomic mass is 79.9. The molecule has 16 heavy (non-hydrogen) atoms. The van der Waals surface area contributed by atoms with E-state index in [1.807, 2.05) is 0 Å². The third kappa shape index (κ3) is 5.13. The van der Waals surface area contributed by atoms with Gasteiger partial charge in [0.25, 0.3) is 0 Å². The first-order chi connectivity index (χ1) is 7.76. The van der Waals surface area contributed by atoms with Crippen molar-refractivity contribution in [3.8, 4) is 0 Å². The summed E-state index contributed by atoms with van der Waals surface area (Å²) in [6.45, 7) is 5.61. The maximum Gasteiger partial charge on any atom is 0.0177 e. The molecule has 0 saturated heterocycles. The van der Waals surface area contributed by atoms with Crippen LogP contribution in [0.3, 0.4) is 0 Å². The molecule has 1 aromatic carbocycles. The second kappa shape index (κ2) is 7.86. The van der Waals surface area contributed by atoms with E-state index in [1.54, 1.807) is 0 Å². The molecule has 1 aromatic rings. The predicted octanol–water partition coefficient (Wildman–Crippen LogP) is 4.16. The number of hydrogen-bond donors (Lipinski definition) is 1. The van der Waals surface area contributed by atoms with Crippen LogP contribution in [0.1, 0.15) is 38.7 Å². The van der Waals surface area contributed by atoms with E-state index in [0.29, 0.717) is 6.04 Å². The zero-order valence-electron chi connectivity index (χ0n) is 10.3. The Labute approximate surface area is 108 Å². The maximum atomic E-state index is 3.59. The molecular weight excluding hydrogens is 262 g/mol. The van der Waals surface area contributed by atoms with Gasteiger partial charge in [-0.1, -0.05) is 41.9 Å². The van der Waals surface area contributed by atoms with Gasteiger partial charge >= 0.3 is 0 Å². The lowest BCUT2D eigenvalue weighted by Crippen LogP contribution is -2.29. The monoisotopic (exact) mass is 283 g/mol. The molecule has 0 aliphatic heterocycles. The van der Waals surface area contributed by atoms with Gasteiger partial charge in [-0.05, 0) is 49.9 Å². The molecule has 90 valence electrons. The zero-order chi connectivity index (χ0) is 11.8. The third-order valence-corrected chi connectivity index (χ3v) is 3.34. The average molecular weight is 284 g/mol. The van der Waals surface area contributed by atoms with E-state index in [2.05, 4.69) is 59.4 Å². The molecule has 2 heteroatoms. The average Bonchev–Trinajstić information content (AvgIpc) is 2.29. The fraction of sp³-hybridized carbons (Fsp3) is 0.571. The second-order valence-electron chi connectivity index (χ2n) is 4.23. The zero-order valence-corrected chi connectivity index (χ0v) is 11.9. The van der Waals surface area contributed by atoms with Crippen molar-refractivity contribution in [3.63, 3.8) is 0 Å².